The van der Waals surface area contributed by atoms with Crippen LogP contribution in [0.4, 0.5) is 0 Å². The molecule has 0 amide bonds. The van der Waals surface area contributed by atoms with Gasteiger partial charge in [-0.1, -0.05) is 20.8 Å². The molecule has 1 nitrogen and oxygen atoms in total. The maximum Gasteiger partial charge on any atom is 0.144 e. The SMILES string of the molecule is CC(C)(C)C(=O)C12CCC(CC1)CC2. The Morgan fingerprint density at radius 3 is 1.86 bits per heavy atom. The van der Waals surface area contributed by atoms with Crippen molar-refractivity contribution in [3.05, 3.63) is 0 Å². The highest BCUT2D eigenvalue weighted by Crippen LogP contribution is 2.53. The molecule has 0 aromatic heterocycles. The van der Waals surface area contributed by atoms with Gasteiger partial charge in [0.2, 0.25) is 0 Å². The maximum absolute atomic E-state index is 12.4. The lowest BCUT2D eigenvalue weighted by Gasteiger charge is -2.47. The third kappa shape index (κ3) is 1.51. The zero-order valence-corrected chi connectivity index (χ0v) is 9.73. The van der Waals surface area contributed by atoms with Gasteiger partial charge in [-0.05, 0) is 44.4 Å². The van der Waals surface area contributed by atoms with E-state index in [2.05, 4.69) is 20.8 Å². The first-order valence-electron chi connectivity index (χ1n) is 5.99. The van der Waals surface area contributed by atoms with Crippen LogP contribution < -0.4 is 0 Å². The Morgan fingerprint density at radius 1 is 1.07 bits per heavy atom. The summed E-state index contributed by atoms with van der Waals surface area (Å²) in [5.74, 6) is 1.48. The molecule has 0 aromatic rings. The van der Waals surface area contributed by atoms with E-state index in [0.29, 0.717) is 5.78 Å². The number of carbonyl (C=O) groups excluding carboxylic acids is 1. The molecule has 0 aromatic carbocycles. The zero-order chi connectivity index (χ0) is 10.4. The van der Waals surface area contributed by atoms with Crippen LogP contribution in [0.1, 0.15) is 59.3 Å². The minimum atomic E-state index is -0.135. The Bertz CT molecular complexity index is 225. The standard InChI is InChI=1S/C13H22O/c1-12(2,3)11(14)13-7-4-10(5-8-13)6-9-13/h10H,4-9H2,1-3H3. The van der Waals surface area contributed by atoms with E-state index in [-0.39, 0.29) is 10.8 Å². The summed E-state index contributed by atoms with van der Waals surface area (Å²) in [6.45, 7) is 6.22. The molecule has 0 N–H and O–H groups in total. The van der Waals surface area contributed by atoms with Crippen LogP contribution in [0, 0.1) is 16.7 Å². The van der Waals surface area contributed by atoms with E-state index in [0.717, 1.165) is 5.92 Å². The average Bonchev–Trinajstić information content (AvgIpc) is 2.18. The van der Waals surface area contributed by atoms with Crippen molar-refractivity contribution in [2.75, 3.05) is 0 Å². The molecule has 3 rings (SSSR count). The second-order valence-electron chi connectivity index (χ2n) is 6.34. The predicted molar refractivity (Wildman–Crippen MR) is 58.1 cm³/mol. The van der Waals surface area contributed by atoms with Crippen LogP contribution >= 0.6 is 0 Å². The fourth-order valence-corrected chi connectivity index (χ4v) is 3.39. The van der Waals surface area contributed by atoms with Crippen LogP contribution in [-0.4, -0.2) is 5.78 Å². The molecule has 0 unspecified atom stereocenters. The molecule has 3 aliphatic carbocycles. The summed E-state index contributed by atoms with van der Waals surface area (Å²) in [4.78, 5) is 12.4. The van der Waals surface area contributed by atoms with E-state index in [1.165, 1.54) is 38.5 Å². The summed E-state index contributed by atoms with van der Waals surface area (Å²) in [7, 11) is 0. The van der Waals surface area contributed by atoms with Crippen molar-refractivity contribution in [3.8, 4) is 0 Å². The summed E-state index contributed by atoms with van der Waals surface area (Å²) in [5, 5.41) is 0. The molecule has 14 heavy (non-hydrogen) atoms. The summed E-state index contributed by atoms with van der Waals surface area (Å²) >= 11 is 0. The van der Waals surface area contributed by atoms with E-state index in [1.807, 2.05) is 0 Å². The van der Waals surface area contributed by atoms with Gasteiger partial charge in [0.25, 0.3) is 0 Å². The fourth-order valence-electron chi connectivity index (χ4n) is 3.39. The van der Waals surface area contributed by atoms with Gasteiger partial charge in [-0.2, -0.15) is 0 Å². The number of ketones is 1. The molecule has 1 heteroatoms. The van der Waals surface area contributed by atoms with Gasteiger partial charge in [-0.25, -0.2) is 0 Å². The number of fused-ring (bicyclic) bond motifs is 3. The lowest BCUT2D eigenvalue weighted by atomic mass is 9.56. The molecule has 80 valence electrons. The van der Waals surface area contributed by atoms with Gasteiger partial charge < -0.3 is 0 Å². The van der Waals surface area contributed by atoms with Gasteiger partial charge in [0.15, 0.2) is 0 Å². The third-order valence-electron chi connectivity index (χ3n) is 4.26. The van der Waals surface area contributed by atoms with Gasteiger partial charge in [0, 0.05) is 10.8 Å². The molecular weight excluding hydrogens is 172 g/mol. The number of Topliss-reactive ketones (excluding diaryl/α,β-unsaturated/α-hetero) is 1. The molecule has 3 fully saturated rings. The maximum atomic E-state index is 12.4. The van der Waals surface area contributed by atoms with Crippen molar-refractivity contribution in [2.45, 2.75) is 59.3 Å². The number of carbonyl (C=O) groups is 1. The van der Waals surface area contributed by atoms with E-state index in [1.54, 1.807) is 0 Å². The van der Waals surface area contributed by atoms with Crippen molar-refractivity contribution in [2.24, 2.45) is 16.7 Å². The highest BCUT2D eigenvalue weighted by molar-refractivity contribution is 5.89. The zero-order valence-electron chi connectivity index (χ0n) is 9.73. The Balaban J connectivity index is 2.19. The fraction of sp³-hybridized carbons (Fsp3) is 0.923. The van der Waals surface area contributed by atoms with Gasteiger partial charge in [-0.15, -0.1) is 0 Å². The van der Waals surface area contributed by atoms with E-state index >= 15 is 0 Å². The monoisotopic (exact) mass is 194 g/mol. The molecule has 0 heterocycles. The van der Waals surface area contributed by atoms with Crippen molar-refractivity contribution in [3.63, 3.8) is 0 Å². The predicted octanol–water partition coefficient (Wildman–Crippen LogP) is 3.57. The minimum Gasteiger partial charge on any atom is -0.298 e. The van der Waals surface area contributed by atoms with Gasteiger partial charge in [0.1, 0.15) is 5.78 Å². The van der Waals surface area contributed by atoms with Crippen LogP contribution in [0.15, 0.2) is 0 Å². The molecule has 3 saturated carbocycles. The van der Waals surface area contributed by atoms with Gasteiger partial charge in [-0.3, -0.25) is 4.79 Å². The number of hydrogen-bond donors (Lipinski definition) is 0. The smallest absolute Gasteiger partial charge is 0.144 e. The van der Waals surface area contributed by atoms with Crippen molar-refractivity contribution in [1.82, 2.24) is 0 Å². The summed E-state index contributed by atoms with van der Waals surface area (Å²) in [6, 6.07) is 0. The van der Waals surface area contributed by atoms with Crippen LogP contribution in [-0.2, 0) is 4.79 Å². The van der Waals surface area contributed by atoms with Crippen LogP contribution in [0.2, 0.25) is 0 Å². The lowest BCUT2D eigenvalue weighted by Crippen LogP contribution is -2.45. The second-order valence-corrected chi connectivity index (χ2v) is 6.34. The minimum absolute atomic E-state index is 0.0903. The van der Waals surface area contributed by atoms with Crippen LogP contribution in [0.5, 0.6) is 0 Å². The molecule has 2 bridgehead atoms. The molecular formula is C13H22O. The van der Waals surface area contributed by atoms with E-state index < -0.39 is 0 Å². The number of rotatable bonds is 1. The summed E-state index contributed by atoms with van der Waals surface area (Å²) in [5.41, 5.74) is -0.0445. The molecule has 0 radical (unpaired) electrons. The van der Waals surface area contributed by atoms with Crippen molar-refractivity contribution in [1.29, 1.82) is 0 Å². The highest BCUT2D eigenvalue weighted by Gasteiger charge is 2.48. The Labute approximate surface area is 87.3 Å². The molecule has 3 aliphatic rings. The quantitative estimate of drug-likeness (QED) is 0.623. The molecule has 0 spiro atoms. The van der Waals surface area contributed by atoms with Crippen molar-refractivity contribution >= 4 is 5.78 Å². The van der Waals surface area contributed by atoms with Crippen LogP contribution in [0.3, 0.4) is 0 Å². The summed E-state index contributed by atoms with van der Waals surface area (Å²) in [6.07, 6.45) is 7.45. The molecule has 0 saturated heterocycles. The third-order valence-corrected chi connectivity index (χ3v) is 4.26. The molecule has 0 aliphatic heterocycles. The van der Waals surface area contributed by atoms with Crippen LogP contribution in [0.25, 0.3) is 0 Å². The Kier molecular flexibility index (Phi) is 2.24. The van der Waals surface area contributed by atoms with Gasteiger partial charge in [0.05, 0.1) is 0 Å². The molecule has 0 atom stereocenters. The van der Waals surface area contributed by atoms with E-state index in [4.69, 9.17) is 0 Å². The first kappa shape index (κ1) is 10.2. The highest BCUT2D eigenvalue weighted by atomic mass is 16.1. The first-order chi connectivity index (χ1) is 6.44. The topological polar surface area (TPSA) is 17.1 Å². The van der Waals surface area contributed by atoms with Gasteiger partial charge >= 0.3 is 0 Å². The largest absolute Gasteiger partial charge is 0.298 e. The van der Waals surface area contributed by atoms with E-state index in [9.17, 15) is 4.79 Å². The average molecular weight is 194 g/mol. The first-order valence-corrected chi connectivity index (χ1v) is 5.99. The number of hydrogen-bond acceptors (Lipinski definition) is 1. The normalized spacial score (nSPS) is 37.2. The summed E-state index contributed by atoms with van der Waals surface area (Å²) < 4.78 is 0. The lowest BCUT2D eigenvalue weighted by molar-refractivity contribution is -0.142. The Hall–Kier alpha value is -0.330. The second kappa shape index (κ2) is 3.08. The Morgan fingerprint density at radius 2 is 1.50 bits per heavy atom. The van der Waals surface area contributed by atoms with Crippen molar-refractivity contribution < 1.29 is 4.79 Å².